The molecule has 0 aromatic carbocycles. The Labute approximate surface area is 136 Å². The first-order chi connectivity index (χ1) is 10.8. The van der Waals surface area contributed by atoms with Crippen molar-refractivity contribution < 1.29 is 14.3 Å². The van der Waals surface area contributed by atoms with E-state index in [1.165, 1.54) is 38.5 Å². The van der Waals surface area contributed by atoms with Crippen LogP contribution in [0.4, 0.5) is 0 Å². The van der Waals surface area contributed by atoms with Crippen LogP contribution in [-0.4, -0.2) is 25.3 Å². The highest BCUT2D eigenvalue weighted by atomic mass is 16.5. The van der Waals surface area contributed by atoms with E-state index in [4.69, 9.17) is 9.47 Å². The summed E-state index contributed by atoms with van der Waals surface area (Å²) >= 11 is 0. The second-order valence-electron chi connectivity index (χ2n) is 6.29. The van der Waals surface area contributed by atoms with Gasteiger partial charge >= 0.3 is 5.97 Å². The minimum atomic E-state index is -0.219. The number of carbonyl (C=O) groups excluding carboxylic acids is 1. The fourth-order valence-corrected chi connectivity index (χ4v) is 2.99. The van der Waals surface area contributed by atoms with Crippen LogP contribution in [0.5, 0.6) is 0 Å². The molecule has 0 N–H and O–H groups in total. The van der Waals surface area contributed by atoms with Crippen LogP contribution >= 0.6 is 0 Å². The molecular formula is C19H34O3. The van der Waals surface area contributed by atoms with E-state index in [1.54, 1.807) is 6.08 Å². The summed E-state index contributed by atoms with van der Waals surface area (Å²) in [5.41, 5.74) is 0. The fourth-order valence-electron chi connectivity index (χ4n) is 2.99. The predicted octanol–water partition coefficient (Wildman–Crippen LogP) is 5.04. The van der Waals surface area contributed by atoms with E-state index in [0.29, 0.717) is 18.6 Å². The molecule has 0 atom stereocenters. The van der Waals surface area contributed by atoms with Gasteiger partial charge in [-0.15, -0.1) is 0 Å². The lowest BCUT2D eigenvalue weighted by molar-refractivity contribution is -0.137. The van der Waals surface area contributed by atoms with E-state index in [0.717, 1.165) is 32.3 Å². The Morgan fingerprint density at radius 3 is 2.36 bits per heavy atom. The van der Waals surface area contributed by atoms with Gasteiger partial charge in [0.05, 0.1) is 12.7 Å². The minimum absolute atomic E-state index is 0.219. The SMILES string of the molecule is CCCCCCCCOC1CCC(/C=C/C(=O)OCC)CC1. The molecule has 0 heterocycles. The molecule has 128 valence electrons. The number of carbonyl (C=O) groups is 1. The zero-order valence-corrected chi connectivity index (χ0v) is 14.5. The van der Waals surface area contributed by atoms with Gasteiger partial charge in [0.1, 0.15) is 0 Å². The zero-order chi connectivity index (χ0) is 16.0. The van der Waals surface area contributed by atoms with Gasteiger partial charge in [-0.2, -0.15) is 0 Å². The maximum atomic E-state index is 11.3. The number of unbranched alkanes of at least 4 members (excludes halogenated alkanes) is 5. The third-order valence-electron chi connectivity index (χ3n) is 4.36. The van der Waals surface area contributed by atoms with E-state index in [1.807, 2.05) is 13.0 Å². The lowest BCUT2D eigenvalue weighted by Gasteiger charge is -2.26. The number of hydrogen-bond donors (Lipinski definition) is 0. The molecule has 0 amide bonds. The molecule has 3 heteroatoms. The minimum Gasteiger partial charge on any atom is -0.463 e. The largest absolute Gasteiger partial charge is 0.463 e. The molecule has 22 heavy (non-hydrogen) atoms. The van der Waals surface area contributed by atoms with Gasteiger partial charge in [-0.05, 0) is 44.9 Å². The molecule has 0 bridgehead atoms. The monoisotopic (exact) mass is 310 g/mol. The Bertz CT molecular complexity index is 304. The number of ether oxygens (including phenoxy) is 2. The quantitative estimate of drug-likeness (QED) is 0.304. The zero-order valence-electron chi connectivity index (χ0n) is 14.5. The first kappa shape index (κ1) is 19.2. The summed E-state index contributed by atoms with van der Waals surface area (Å²) in [6.07, 6.45) is 16.4. The standard InChI is InChI=1S/C19H34O3/c1-3-5-6-7-8-9-16-22-18-13-10-17(11-14-18)12-15-19(20)21-4-2/h12,15,17-18H,3-11,13-14,16H2,1-2H3/b15-12+. The van der Waals surface area contributed by atoms with Crippen LogP contribution in [0.2, 0.25) is 0 Å². The molecule has 0 aromatic rings. The fraction of sp³-hybridized carbons (Fsp3) is 0.842. The van der Waals surface area contributed by atoms with E-state index in [2.05, 4.69) is 6.92 Å². The van der Waals surface area contributed by atoms with Gasteiger partial charge in [-0.25, -0.2) is 4.79 Å². The molecule has 1 rings (SSSR count). The number of esters is 1. The molecule has 0 aromatic heterocycles. The van der Waals surface area contributed by atoms with Gasteiger partial charge < -0.3 is 9.47 Å². The van der Waals surface area contributed by atoms with Crippen LogP contribution in [0.3, 0.4) is 0 Å². The van der Waals surface area contributed by atoms with Crippen molar-refractivity contribution in [1.29, 1.82) is 0 Å². The van der Waals surface area contributed by atoms with E-state index in [9.17, 15) is 4.79 Å². The maximum Gasteiger partial charge on any atom is 0.330 e. The average Bonchev–Trinajstić information content (AvgIpc) is 2.53. The number of rotatable bonds is 11. The first-order valence-electron chi connectivity index (χ1n) is 9.22. The van der Waals surface area contributed by atoms with Crippen molar-refractivity contribution in [2.24, 2.45) is 5.92 Å². The Balaban J connectivity index is 2.02. The van der Waals surface area contributed by atoms with Crippen LogP contribution in [0.15, 0.2) is 12.2 Å². The number of hydrogen-bond acceptors (Lipinski definition) is 3. The molecule has 1 aliphatic rings. The molecule has 1 aliphatic carbocycles. The highest BCUT2D eigenvalue weighted by molar-refractivity contribution is 5.81. The van der Waals surface area contributed by atoms with Crippen LogP contribution in [0, 0.1) is 5.92 Å². The van der Waals surface area contributed by atoms with Crippen molar-refractivity contribution in [2.45, 2.75) is 84.2 Å². The summed E-state index contributed by atoms with van der Waals surface area (Å²) in [7, 11) is 0. The van der Waals surface area contributed by atoms with Gasteiger partial charge in [0.25, 0.3) is 0 Å². The lowest BCUT2D eigenvalue weighted by Crippen LogP contribution is -2.21. The van der Waals surface area contributed by atoms with Crippen LogP contribution in [-0.2, 0) is 14.3 Å². The summed E-state index contributed by atoms with van der Waals surface area (Å²) in [6.45, 7) is 5.45. The summed E-state index contributed by atoms with van der Waals surface area (Å²) in [5.74, 6) is 0.294. The van der Waals surface area contributed by atoms with Crippen molar-refractivity contribution >= 4 is 5.97 Å². The van der Waals surface area contributed by atoms with Crippen molar-refractivity contribution in [3.8, 4) is 0 Å². The molecule has 0 radical (unpaired) electrons. The van der Waals surface area contributed by atoms with Gasteiger partial charge in [-0.1, -0.05) is 45.1 Å². The number of allylic oxidation sites excluding steroid dienone is 1. The predicted molar refractivity (Wildman–Crippen MR) is 90.8 cm³/mol. The Morgan fingerprint density at radius 2 is 1.68 bits per heavy atom. The summed E-state index contributed by atoms with van der Waals surface area (Å²) in [4.78, 5) is 11.3. The van der Waals surface area contributed by atoms with E-state index >= 15 is 0 Å². The van der Waals surface area contributed by atoms with Crippen LogP contribution in [0.1, 0.15) is 78.1 Å². The maximum absolute atomic E-state index is 11.3. The summed E-state index contributed by atoms with van der Waals surface area (Å²) in [5, 5.41) is 0. The Morgan fingerprint density at radius 1 is 1.00 bits per heavy atom. The van der Waals surface area contributed by atoms with Crippen LogP contribution < -0.4 is 0 Å². The van der Waals surface area contributed by atoms with Crippen molar-refractivity contribution in [1.82, 2.24) is 0 Å². The molecule has 0 saturated heterocycles. The Kier molecular flexibility index (Phi) is 11.1. The Hall–Kier alpha value is -0.830. The van der Waals surface area contributed by atoms with Gasteiger partial charge in [-0.3, -0.25) is 0 Å². The van der Waals surface area contributed by atoms with Gasteiger partial charge in [0.15, 0.2) is 0 Å². The molecular weight excluding hydrogens is 276 g/mol. The van der Waals surface area contributed by atoms with Crippen molar-refractivity contribution in [2.75, 3.05) is 13.2 Å². The highest BCUT2D eigenvalue weighted by Crippen LogP contribution is 2.27. The molecule has 0 unspecified atom stereocenters. The van der Waals surface area contributed by atoms with E-state index in [-0.39, 0.29) is 5.97 Å². The highest BCUT2D eigenvalue weighted by Gasteiger charge is 2.19. The van der Waals surface area contributed by atoms with Crippen LogP contribution in [0.25, 0.3) is 0 Å². The topological polar surface area (TPSA) is 35.5 Å². The molecule has 1 saturated carbocycles. The summed E-state index contributed by atoms with van der Waals surface area (Å²) in [6, 6.07) is 0. The molecule has 0 aliphatic heterocycles. The lowest BCUT2D eigenvalue weighted by atomic mass is 9.87. The second-order valence-corrected chi connectivity index (χ2v) is 6.29. The first-order valence-corrected chi connectivity index (χ1v) is 9.22. The normalized spacial score (nSPS) is 22.1. The smallest absolute Gasteiger partial charge is 0.330 e. The van der Waals surface area contributed by atoms with Gasteiger partial charge in [0.2, 0.25) is 0 Å². The van der Waals surface area contributed by atoms with Crippen molar-refractivity contribution in [3.05, 3.63) is 12.2 Å². The third-order valence-corrected chi connectivity index (χ3v) is 4.36. The average molecular weight is 310 g/mol. The van der Waals surface area contributed by atoms with Gasteiger partial charge in [0, 0.05) is 12.7 Å². The second kappa shape index (κ2) is 12.7. The molecule has 3 nitrogen and oxygen atoms in total. The van der Waals surface area contributed by atoms with Crippen molar-refractivity contribution in [3.63, 3.8) is 0 Å². The molecule has 1 fully saturated rings. The summed E-state index contributed by atoms with van der Waals surface area (Å²) < 4.78 is 10.9. The molecule has 0 spiro atoms. The third kappa shape index (κ3) is 9.24. The van der Waals surface area contributed by atoms with E-state index < -0.39 is 0 Å².